The molecule has 1 aliphatic carbocycles. The summed E-state index contributed by atoms with van der Waals surface area (Å²) < 4.78 is 0. The van der Waals surface area contributed by atoms with Gasteiger partial charge >= 0.3 is 0 Å². The maximum Gasteiger partial charge on any atom is 0.212 e. The number of hydrogen-bond acceptors (Lipinski definition) is 3. The molecule has 1 aromatic carbocycles. The Morgan fingerprint density at radius 2 is 2.09 bits per heavy atom. The second kappa shape index (κ2) is 6.79. The van der Waals surface area contributed by atoms with E-state index < -0.39 is 0 Å². The summed E-state index contributed by atoms with van der Waals surface area (Å²) in [6, 6.07) is 5.66. The van der Waals surface area contributed by atoms with E-state index in [0.29, 0.717) is 29.1 Å². The van der Waals surface area contributed by atoms with Crippen molar-refractivity contribution in [3.8, 4) is 5.75 Å². The quantitative estimate of drug-likeness (QED) is 0.572. The molecule has 0 spiro atoms. The van der Waals surface area contributed by atoms with Crippen molar-refractivity contribution in [1.29, 1.82) is 5.41 Å². The van der Waals surface area contributed by atoms with Crippen molar-refractivity contribution in [1.82, 2.24) is 10.3 Å². The third-order valence-corrected chi connectivity index (χ3v) is 4.91. The van der Waals surface area contributed by atoms with Gasteiger partial charge in [0.05, 0.1) is 17.3 Å². The molecule has 0 amide bonds. The second-order valence-corrected chi connectivity index (χ2v) is 6.84. The molecular formula is C17H23ClN4O. The Hall–Kier alpha value is -1.75. The Morgan fingerprint density at radius 1 is 1.35 bits per heavy atom. The molecule has 124 valence electrons. The molecule has 2 aliphatic rings. The van der Waals surface area contributed by atoms with Crippen LogP contribution in [0.2, 0.25) is 5.02 Å². The molecule has 1 saturated carbocycles. The van der Waals surface area contributed by atoms with E-state index in [2.05, 4.69) is 10.4 Å². The predicted molar refractivity (Wildman–Crippen MR) is 93.3 cm³/mol. The lowest BCUT2D eigenvalue weighted by Gasteiger charge is -2.26. The second-order valence-electron chi connectivity index (χ2n) is 6.43. The Bertz CT molecular complexity index is 625. The highest BCUT2D eigenvalue weighted by molar-refractivity contribution is 6.32. The molecule has 23 heavy (non-hydrogen) atoms. The zero-order chi connectivity index (χ0) is 16.4. The van der Waals surface area contributed by atoms with Gasteiger partial charge in [-0.15, -0.1) is 0 Å². The fourth-order valence-electron chi connectivity index (χ4n) is 3.31. The lowest BCUT2D eigenvalue weighted by atomic mass is 9.96. The number of phenolic OH excluding ortho intramolecular Hbond substituents is 1. The van der Waals surface area contributed by atoms with Crippen LogP contribution in [-0.4, -0.2) is 34.4 Å². The number of benzene rings is 1. The number of hydrogen-bond donors (Lipinski definition) is 3. The van der Waals surface area contributed by atoms with Gasteiger partial charge in [0.15, 0.2) is 0 Å². The van der Waals surface area contributed by atoms with Crippen LogP contribution in [-0.2, 0) is 0 Å². The van der Waals surface area contributed by atoms with E-state index in [9.17, 15) is 5.11 Å². The van der Waals surface area contributed by atoms with Crippen LogP contribution in [0.15, 0.2) is 23.3 Å². The number of nitrogens with one attached hydrogen (secondary N) is 2. The number of guanidine groups is 1. The number of para-hydroxylation sites is 1. The Kier molecular flexibility index (Phi) is 4.76. The number of aromatic hydroxyl groups is 1. The van der Waals surface area contributed by atoms with Gasteiger partial charge in [-0.3, -0.25) is 5.41 Å². The Labute approximate surface area is 141 Å². The molecule has 1 unspecified atom stereocenters. The summed E-state index contributed by atoms with van der Waals surface area (Å²) in [5, 5.41) is 28.3. The van der Waals surface area contributed by atoms with Gasteiger partial charge in [0.2, 0.25) is 5.96 Å². The normalized spacial score (nSPS) is 22.1. The molecule has 0 bridgehead atoms. The van der Waals surface area contributed by atoms with Gasteiger partial charge in [-0.2, -0.15) is 5.10 Å². The molecule has 0 saturated heterocycles. The first kappa shape index (κ1) is 16.1. The molecule has 1 atom stereocenters. The van der Waals surface area contributed by atoms with Crippen LogP contribution in [0, 0.1) is 11.3 Å². The molecule has 1 aromatic rings. The van der Waals surface area contributed by atoms with Crippen LogP contribution in [0.25, 0.3) is 0 Å². The highest BCUT2D eigenvalue weighted by Crippen LogP contribution is 2.31. The van der Waals surface area contributed by atoms with Crippen molar-refractivity contribution < 1.29 is 5.11 Å². The minimum atomic E-state index is 0.0633. The van der Waals surface area contributed by atoms with E-state index in [1.54, 1.807) is 17.1 Å². The first-order valence-electron chi connectivity index (χ1n) is 8.25. The number of halogens is 1. The van der Waals surface area contributed by atoms with Crippen LogP contribution in [0.3, 0.4) is 0 Å². The zero-order valence-electron chi connectivity index (χ0n) is 13.3. The molecule has 3 N–H and O–H groups in total. The van der Waals surface area contributed by atoms with E-state index in [1.165, 1.54) is 19.3 Å². The summed E-state index contributed by atoms with van der Waals surface area (Å²) in [6.07, 6.45) is 6.00. The van der Waals surface area contributed by atoms with Gasteiger partial charge in [0.25, 0.3) is 0 Å². The number of nitrogens with zero attached hydrogens (tertiary/aromatic N) is 2. The van der Waals surface area contributed by atoms with Crippen LogP contribution >= 0.6 is 11.6 Å². The molecule has 3 rings (SSSR count). The smallest absolute Gasteiger partial charge is 0.212 e. The monoisotopic (exact) mass is 334 g/mol. The third-order valence-electron chi connectivity index (χ3n) is 4.61. The number of rotatable bonds is 2. The van der Waals surface area contributed by atoms with Crippen molar-refractivity contribution in [2.45, 2.75) is 45.1 Å². The average molecular weight is 335 g/mol. The van der Waals surface area contributed by atoms with E-state index in [1.807, 2.05) is 13.0 Å². The van der Waals surface area contributed by atoms with Gasteiger partial charge in [0, 0.05) is 17.5 Å². The van der Waals surface area contributed by atoms with Gasteiger partial charge in [0.1, 0.15) is 5.75 Å². The first-order valence-corrected chi connectivity index (χ1v) is 8.63. The summed E-state index contributed by atoms with van der Waals surface area (Å²) in [4.78, 5) is 0. The van der Waals surface area contributed by atoms with Crippen molar-refractivity contribution in [2.75, 3.05) is 6.54 Å². The lowest BCUT2D eigenvalue weighted by molar-refractivity contribution is 0.376. The Balaban J connectivity index is 1.74. The zero-order valence-corrected chi connectivity index (χ0v) is 14.1. The summed E-state index contributed by atoms with van der Waals surface area (Å²) in [6.45, 7) is 2.69. The van der Waals surface area contributed by atoms with Gasteiger partial charge in [-0.05, 0) is 25.0 Å². The standard InChI is InChI=1S/C17H23ClN4O/c1-11-10-22(17(19)20-12-6-3-2-4-7-12)21-15(11)13-8-5-9-14(18)16(13)23/h5,8-9,11-12,23H,2-4,6-7,10H2,1H3,(H2,19,20). The number of phenols is 1. The SMILES string of the molecule is CC1CN(C(=N)NC2CCCCC2)N=C1c1cccc(Cl)c1O. The van der Waals surface area contributed by atoms with Crippen LogP contribution in [0.5, 0.6) is 5.75 Å². The van der Waals surface area contributed by atoms with Crippen molar-refractivity contribution in [3.05, 3.63) is 28.8 Å². The summed E-state index contributed by atoms with van der Waals surface area (Å²) in [7, 11) is 0. The molecule has 0 aromatic heterocycles. The first-order chi connectivity index (χ1) is 11.1. The van der Waals surface area contributed by atoms with Crippen LogP contribution in [0.1, 0.15) is 44.6 Å². The highest BCUT2D eigenvalue weighted by Gasteiger charge is 2.29. The molecule has 5 nitrogen and oxygen atoms in total. The van der Waals surface area contributed by atoms with E-state index in [4.69, 9.17) is 17.0 Å². The topological polar surface area (TPSA) is 71.7 Å². The maximum absolute atomic E-state index is 10.2. The fraction of sp³-hybridized carbons (Fsp3) is 0.529. The van der Waals surface area contributed by atoms with Crippen molar-refractivity contribution in [2.24, 2.45) is 11.0 Å². The van der Waals surface area contributed by atoms with Crippen molar-refractivity contribution in [3.63, 3.8) is 0 Å². The van der Waals surface area contributed by atoms with Crippen molar-refractivity contribution >= 4 is 23.3 Å². The lowest BCUT2D eigenvalue weighted by Crippen LogP contribution is -2.43. The molecule has 0 radical (unpaired) electrons. The highest BCUT2D eigenvalue weighted by atomic mass is 35.5. The minimum Gasteiger partial charge on any atom is -0.506 e. The molecule has 1 aliphatic heterocycles. The predicted octanol–water partition coefficient (Wildman–Crippen LogP) is 3.56. The summed E-state index contributed by atoms with van der Waals surface area (Å²) in [5.74, 6) is 0.543. The van der Waals surface area contributed by atoms with E-state index in [-0.39, 0.29) is 11.7 Å². The van der Waals surface area contributed by atoms with Gasteiger partial charge in [-0.25, -0.2) is 5.01 Å². The van der Waals surface area contributed by atoms with E-state index in [0.717, 1.165) is 18.6 Å². The summed E-state index contributed by atoms with van der Waals surface area (Å²) >= 11 is 5.99. The molecule has 6 heteroatoms. The minimum absolute atomic E-state index is 0.0633. The van der Waals surface area contributed by atoms with E-state index >= 15 is 0 Å². The molecule has 1 heterocycles. The molecule has 1 fully saturated rings. The fourth-order valence-corrected chi connectivity index (χ4v) is 3.49. The third kappa shape index (κ3) is 3.44. The average Bonchev–Trinajstić information content (AvgIpc) is 2.93. The van der Waals surface area contributed by atoms with Gasteiger partial charge < -0.3 is 10.4 Å². The van der Waals surface area contributed by atoms with Crippen LogP contribution < -0.4 is 5.32 Å². The summed E-state index contributed by atoms with van der Waals surface area (Å²) in [5.41, 5.74) is 1.43. The largest absolute Gasteiger partial charge is 0.506 e. The number of hydrazone groups is 1. The van der Waals surface area contributed by atoms with Gasteiger partial charge in [-0.1, -0.05) is 43.9 Å². The molecular weight excluding hydrogens is 312 g/mol. The maximum atomic E-state index is 10.2. The Morgan fingerprint density at radius 3 is 2.83 bits per heavy atom. The van der Waals surface area contributed by atoms with Crippen LogP contribution in [0.4, 0.5) is 0 Å².